The van der Waals surface area contributed by atoms with Crippen molar-refractivity contribution in [3.05, 3.63) is 0 Å². The molecule has 2 unspecified atom stereocenters. The molecule has 19 heteroatoms. The van der Waals surface area contributed by atoms with Crippen LogP contribution < -0.4 is 0 Å². The van der Waals surface area contributed by atoms with Crippen LogP contribution in [0.5, 0.6) is 0 Å². The Bertz CT molecular complexity index is 1620. The van der Waals surface area contributed by atoms with Crippen LogP contribution in [0.25, 0.3) is 0 Å². The summed E-state index contributed by atoms with van der Waals surface area (Å²) < 4.78 is 67.9. The van der Waals surface area contributed by atoms with Gasteiger partial charge in [-0.1, -0.05) is 272 Å². The van der Waals surface area contributed by atoms with E-state index in [0.29, 0.717) is 25.7 Å². The highest BCUT2D eigenvalue weighted by Crippen LogP contribution is 2.45. The molecule has 0 bridgehead atoms. The zero-order valence-electron chi connectivity index (χ0n) is 53.3. The molecule has 0 aliphatic heterocycles. The molecule has 0 aromatic carbocycles. The molecule has 0 saturated carbocycles. The van der Waals surface area contributed by atoms with E-state index in [1.165, 1.54) is 128 Å². The molecule has 0 amide bonds. The highest BCUT2D eigenvalue weighted by atomic mass is 31.2. The van der Waals surface area contributed by atoms with Crippen molar-refractivity contribution >= 4 is 39.5 Å². The molecule has 0 aliphatic carbocycles. The Labute approximate surface area is 505 Å². The first-order chi connectivity index (χ1) is 40.0. The quantitative estimate of drug-likeness (QED) is 0.0222. The monoisotopic (exact) mass is 1230 g/mol. The number of aliphatic hydroxyl groups is 1. The molecule has 0 aromatic heterocycles. The topological polar surface area (TPSA) is 237 Å². The maximum Gasteiger partial charge on any atom is 0.472 e. The van der Waals surface area contributed by atoms with E-state index >= 15 is 0 Å². The van der Waals surface area contributed by atoms with Gasteiger partial charge in [-0.25, -0.2) is 9.13 Å². The fourth-order valence-corrected chi connectivity index (χ4v) is 11.2. The van der Waals surface area contributed by atoms with E-state index in [1.54, 1.807) is 0 Å². The molecular formula is C64H124O17P2. The molecule has 83 heavy (non-hydrogen) atoms. The first-order valence-electron chi connectivity index (χ1n) is 33.6. The lowest BCUT2D eigenvalue weighted by Gasteiger charge is -2.21. The molecular weight excluding hydrogens is 1100 g/mol. The Morgan fingerprint density at radius 3 is 0.819 bits per heavy atom. The number of phosphoric ester groups is 2. The van der Waals surface area contributed by atoms with Gasteiger partial charge >= 0.3 is 39.5 Å². The zero-order valence-corrected chi connectivity index (χ0v) is 55.1. The van der Waals surface area contributed by atoms with Crippen LogP contribution in [-0.2, 0) is 65.4 Å². The van der Waals surface area contributed by atoms with E-state index in [-0.39, 0.29) is 25.7 Å². The number of phosphoric acid groups is 2. The van der Waals surface area contributed by atoms with Gasteiger partial charge in [-0.2, -0.15) is 0 Å². The molecule has 0 aliphatic rings. The van der Waals surface area contributed by atoms with E-state index in [4.69, 9.17) is 37.0 Å². The van der Waals surface area contributed by atoms with Crippen LogP contribution in [-0.4, -0.2) is 96.7 Å². The average molecular weight is 1230 g/mol. The second kappa shape index (κ2) is 57.8. The molecule has 0 heterocycles. The van der Waals surface area contributed by atoms with Crippen LogP contribution in [0.2, 0.25) is 0 Å². The molecule has 5 atom stereocenters. The van der Waals surface area contributed by atoms with Gasteiger partial charge in [0.1, 0.15) is 19.3 Å². The van der Waals surface area contributed by atoms with Crippen molar-refractivity contribution in [1.29, 1.82) is 0 Å². The van der Waals surface area contributed by atoms with Crippen molar-refractivity contribution in [3.63, 3.8) is 0 Å². The van der Waals surface area contributed by atoms with E-state index in [2.05, 4.69) is 34.6 Å². The van der Waals surface area contributed by atoms with Crippen molar-refractivity contribution < 1.29 is 80.2 Å². The first kappa shape index (κ1) is 81.1. The maximum atomic E-state index is 13.0. The van der Waals surface area contributed by atoms with Crippen LogP contribution in [0.15, 0.2) is 0 Å². The molecule has 0 aromatic rings. The number of rotatable bonds is 64. The molecule has 0 spiro atoms. The van der Waals surface area contributed by atoms with E-state index in [9.17, 15) is 43.2 Å². The van der Waals surface area contributed by atoms with Crippen molar-refractivity contribution in [3.8, 4) is 0 Å². The summed E-state index contributed by atoms with van der Waals surface area (Å²) in [7, 11) is -9.88. The minimum atomic E-state index is -4.94. The number of unbranched alkanes of at least 4 members (excludes halogenated alkanes) is 36. The highest BCUT2D eigenvalue weighted by molar-refractivity contribution is 7.47. The largest absolute Gasteiger partial charge is 0.472 e. The molecule has 0 saturated heterocycles. The van der Waals surface area contributed by atoms with Crippen LogP contribution in [0.1, 0.15) is 324 Å². The Morgan fingerprint density at radius 1 is 0.325 bits per heavy atom. The third-order valence-electron chi connectivity index (χ3n) is 14.8. The molecule has 3 N–H and O–H groups in total. The van der Waals surface area contributed by atoms with Gasteiger partial charge in [-0.15, -0.1) is 0 Å². The normalized spacial score (nSPS) is 14.2. The van der Waals surface area contributed by atoms with Crippen molar-refractivity contribution in [1.82, 2.24) is 0 Å². The Balaban J connectivity index is 5.19. The number of carbonyl (C=O) groups is 4. The van der Waals surface area contributed by atoms with Crippen molar-refractivity contribution in [2.24, 2.45) is 5.92 Å². The Morgan fingerprint density at radius 2 is 0.554 bits per heavy atom. The lowest BCUT2D eigenvalue weighted by molar-refractivity contribution is -0.161. The molecule has 17 nitrogen and oxygen atoms in total. The fourth-order valence-electron chi connectivity index (χ4n) is 9.58. The van der Waals surface area contributed by atoms with Gasteiger partial charge in [0.25, 0.3) is 0 Å². The third-order valence-corrected chi connectivity index (χ3v) is 16.7. The van der Waals surface area contributed by atoms with Gasteiger partial charge < -0.3 is 33.8 Å². The molecule has 0 rings (SSSR count). The molecule has 0 radical (unpaired) electrons. The van der Waals surface area contributed by atoms with Crippen molar-refractivity contribution in [2.75, 3.05) is 39.6 Å². The minimum Gasteiger partial charge on any atom is -0.462 e. The van der Waals surface area contributed by atoms with Gasteiger partial charge in [-0.3, -0.25) is 37.3 Å². The van der Waals surface area contributed by atoms with E-state index < -0.39 is 97.5 Å². The number of hydrogen-bond acceptors (Lipinski definition) is 15. The number of aliphatic hydroxyl groups excluding tert-OH is 1. The predicted molar refractivity (Wildman–Crippen MR) is 331 cm³/mol. The second-order valence-corrected chi connectivity index (χ2v) is 26.5. The zero-order chi connectivity index (χ0) is 61.3. The molecule has 0 fully saturated rings. The summed E-state index contributed by atoms with van der Waals surface area (Å²) in [6, 6.07) is 0. The summed E-state index contributed by atoms with van der Waals surface area (Å²) in [5.41, 5.74) is 0. The SMILES string of the molecule is CCCCCCCCCCCCCCCC(=O)OC[C@H](COP(=O)(O)OC[C@@H](O)COP(=O)(O)OC[C@@H](COC(=O)CCCCCCCCC)OC(=O)CCCCCCCCCC)OC(=O)CCCCCCCCCCCCCCC(C)C. The van der Waals surface area contributed by atoms with Gasteiger partial charge in [0, 0.05) is 25.7 Å². The standard InChI is InChI=1S/C64H124O17P2/c1-6-9-12-15-18-20-21-22-26-29-34-38-43-48-62(67)75-54-60(81-64(69)50-45-40-35-30-27-24-23-25-28-32-36-41-46-57(4)5)56-79-83(72,73)77-52-58(65)51-76-82(70,71)78-55-59(53-74-61(66)47-42-37-31-17-14-11-8-3)80-63(68)49-44-39-33-19-16-13-10-7-2/h57-60,65H,6-56H2,1-5H3,(H,70,71)(H,72,73)/t58-,59+,60+/m0/s1. The molecule has 492 valence electrons. The highest BCUT2D eigenvalue weighted by Gasteiger charge is 2.30. The first-order valence-corrected chi connectivity index (χ1v) is 36.6. The average Bonchev–Trinajstić information content (AvgIpc) is 3.45. The summed E-state index contributed by atoms with van der Waals surface area (Å²) >= 11 is 0. The third kappa shape index (κ3) is 58.8. The van der Waals surface area contributed by atoms with Crippen LogP contribution >= 0.6 is 15.6 Å². The summed E-state index contributed by atoms with van der Waals surface area (Å²) in [6.45, 7) is 7.14. The number of ether oxygens (including phenoxy) is 4. The fraction of sp³-hybridized carbons (Fsp3) is 0.938. The van der Waals surface area contributed by atoms with E-state index in [1.807, 2.05) is 0 Å². The van der Waals surface area contributed by atoms with Crippen LogP contribution in [0, 0.1) is 5.92 Å². The van der Waals surface area contributed by atoms with Crippen LogP contribution in [0.4, 0.5) is 0 Å². The number of hydrogen-bond donors (Lipinski definition) is 3. The lowest BCUT2D eigenvalue weighted by Crippen LogP contribution is -2.30. The number of esters is 4. The lowest BCUT2D eigenvalue weighted by atomic mass is 10.0. The van der Waals surface area contributed by atoms with Gasteiger partial charge in [-0.05, 0) is 31.6 Å². The Hall–Kier alpha value is -1.94. The second-order valence-electron chi connectivity index (χ2n) is 23.6. The summed E-state index contributed by atoms with van der Waals surface area (Å²) in [5.74, 6) is -1.36. The van der Waals surface area contributed by atoms with E-state index in [0.717, 1.165) is 115 Å². The summed E-state index contributed by atoms with van der Waals surface area (Å²) in [6.07, 6.45) is 41.8. The minimum absolute atomic E-state index is 0.105. The van der Waals surface area contributed by atoms with Gasteiger partial charge in [0.15, 0.2) is 12.2 Å². The summed E-state index contributed by atoms with van der Waals surface area (Å²) in [5, 5.41) is 10.5. The van der Waals surface area contributed by atoms with Gasteiger partial charge in [0.05, 0.1) is 26.4 Å². The van der Waals surface area contributed by atoms with Crippen LogP contribution in [0.3, 0.4) is 0 Å². The van der Waals surface area contributed by atoms with Crippen molar-refractivity contribution in [2.45, 2.75) is 342 Å². The smallest absolute Gasteiger partial charge is 0.462 e. The van der Waals surface area contributed by atoms with Gasteiger partial charge in [0.2, 0.25) is 0 Å². The maximum absolute atomic E-state index is 13.0. The summed E-state index contributed by atoms with van der Waals surface area (Å²) in [4.78, 5) is 72.0. The number of carbonyl (C=O) groups excluding carboxylic acids is 4. The predicted octanol–water partition coefficient (Wildman–Crippen LogP) is 17.8. The Kier molecular flexibility index (Phi) is 56.4.